The Labute approximate surface area is 213 Å². The molecule has 0 heterocycles. The van der Waals surface area contributed by atoms with E-state index in [0.29, 0.717) is 5.92 Å². The maximum Gasteiger partial charge on any atom is 0.184 e. The summed E-state index contributed by atoms with van der Waals surface area (Å²) in [6.45, 7) is 9.35. The van der Waals surface area contributed by atoms with Gasteiger partial charge in [0.1, 0.15) is 23.2 Å². The van der Waals surface area contributed by atoms with Crippen molar-refractivity contribution in [3.8, 4) is 0 Å². The molecule has 0 aliphatic carbocycles. The summed E-state index contributed by atoms with van der Waals surface area (Å²) in [6.07, 6.45) is 2.21. The minimum atomic E-state index is -1.90. The fourth-order valence-corrected chi connectivity index (χ4v) is 10.9. The standard InChI is InChI=1S/C32H38OPSi/c1-27(32(33-35(2,3)4)25-28-17-9-5-10-18-28)26-34(29-19-11-6-12-20-29,30-21-13-7-14-22-30)31-23-15-8-16-24-31/h5-24,27,32H,25-26H2,1-4H3/q+1. The van der Waals surface area contributed by atoms with Gasteiger partial charge < -0.3 is 4.43 Å². The minimum absolute atomic E-state index is 0.180. The average Bonchev–Trinajstić information content (AvgIpc) is 2.88. The molecule has 4 aromatic carbocycles. The van der Waals surface area contributed by atoms with Crippen LogP contribution in [0.15, 0.2) is 121 Å². The van der Waals surface area contributed by atoms with Gasteiger partial charge in [-0.1, -0.05) is 91.9 Å². The van der Waals surface area contributed by atoms with Crippen LogP contribution in [0, 0.1) is 5.92 Å². The lowest BCUT2D eigenvalue weighted by Crippen LogP contribution is -2.42. The van der Waals surface area contributed by atoms with Crippen molar-refractivity contribution in [1.82, 2.24) is 0 Å². The van der Waals surface area contributed by atoms with E-state index in [9.17, 15) is 0 Å². The fraction of sp³-hybridized carbons (Fsp3) is 0.250. The average molecular weight is 498 g/mol. The number of hydrogen-bond donors (Lipinski definition) is 0. The first-order valence-electron chi connectivity index (χ1n) is 12.7. The molecule has 0 spiro atoms. The fourth-order valence-electron chi connectivity index (χ4n) is 5.02. The summed E-state index contributed by atoms with van der Waals surface area (Å²) in [6, 6.07) is 44.4. The largest absolute Gasteiger partial charge is 0.414 e. The zero-order chi connectivity index (χ0) is 24.7. The smallest absolute Gasteiger partial charge is 0.184 e. The molecule has 0 radical (unpaired) electrons. The van der Waals surface area contributed by atoms with Crippen LogP contribution in [-0.2, 0) is 10.8 Å². The number of benzene rings is 4. The predicted molar refractivity (Wildman–Crippen MR) is 158 cm³/mol. The second-order valence-corrected chi connectivity index (χ2v) is 18.4. The van der Waals surface area contributed by atoms with Gasteiger partial charge in [-0.2, -0.15) is 0 Å². The molecule has 0 aliphatic rings. The zero-order valence-corrected chi connectivity index (χ0v) is 23.4. The second kappa shape index (κ2) is 11.5. The third-order valence-electron chi connectivity index (χ3n) is 6.57. The summed E-state index contributed by atoms with van der Waals surface area (Å²) in [7, 11) is -3.64. The lowest BCUT2D eigenvalue weighted by atomic mass is 9.99. The molecule has 0 saturated carbocycles. The van der Waals surface area contributed by atoms with Crippen molar-refractivity contribution in [3.63, 3.8) is 0 Å². The third kappa shape index (κ3) is 6.38. The van der Waals surface area contributed by atoms with Gasteiger partial charge in [-0.15, -0.1) is 0 Å². The highest BCUT2D eigenvalue weighted by molar-refractivity contribution is 7.95. The molecule has 0 aliphatic heterocycles. The molecular weight excluding hydrogens is 459 g/mol. The Kier molecular flexibility index (Phi) is 8.39. The lowest BCUT2D eigenvalue weighted by molar-refractivity contribution is 0.146. The molecule has 1 nitrogen and oxygen atoms in total. The summed E-state index contributed by atoms with van der Waals surface area (Å²) < 4.78 is 6.91. The van der Waals surface area contributed by atoms with Crippen LogP contribution in [-0.4, -0.2) is 20.6 Å². The van der Waals surface area contributed by atoms with Gasteiger partial charge >= 0.3 is 0 Å². The molecule has 3 heteroatoms. The van der Waals surface area contributed by atoms with Gasteiger partial charge in [0, 0.05) is 5.92 Å². The van der Waals surface area contributed by atoms with E-state index in [1.54, 1.807) is 0 Å². The zero-order valence-electron chi connectivity index (χ0n) is 21.5. The van der Waals surface area contributed by atoms with Gasteiger partial charge in [0.2, 0.25) is 0 Å². The monoisotopic (exact) mass is 497 g/mol. The van der Waals surface area contributed by atoms with Gasteiger partial charge in [0.25, 0.3) is 0 Å². The number of rotatable bonds is 10. The summed E-state index contributed by atoms with van der Waals surface area (Å²) in [5.74, 6) is 0.385. The molecule has 4 rings (SSSR count). The van der Waals surface area contributed by atoms with Crippen LogP contribution in [0.4, 0.5) is 0 Å². The van der Waals surface area contributed by atoms with E-state index in [0.717, 1.165) is 12.6 Å². The molecule has 180 valence electrons. The summed E-state index contributed by atoms with van der Waals surface area (Å²) in [4.78, 5) is 0. The van der Waals surface area contributed by atoms with Gasteiger partial charge in [-0.3, -0.25) is 0 Å². The second-order valence-electron chi connectivity index (χ2n) is 10.4. The minimum Gasteiger partial charge on any atom is -0.414 e. The molecule has 0 amide bonds. The lowest BCUT2D eigenvalue weighted by Gasteiger charge is -2.35. The molecular formula is C32H38OPSi+. The van der Waals surface area contributed by atoms with Crippen LogP contribution < -0.4 is 15.9 Å². The number of hydrogen-bond acceptors (Lipinski definition) is 1. The Bertz CT molecular complexity index is 1060. The molecule has 0 saturated heterocycles. The van der Waals surface area contributed by atoms with Crippen LogP contribution in [0.2, 0.25) is 19.6 Å². The first-order chi connectivity index (χ1) is 16.9. The molecule has 0 N–H and O–H groups in total. The topological polar surface area (TPSA) is 9.23 Å². The Morgan fingerprint density at radius 3 is 1.34 bits per heavy atom. The van der Waals surface area contributed by atoms with Crippen molar-refractivity contribution in [1.29, 1.82) is 0 Å². The molecule has 0 aromatic heterocycles. The van der Waals surface area contributed by atoms with Crippen molar-refractivity contribution in [2.24, 2.45) is 5.92 Å². The summed E-state index contributed by atoms with van der Waals surface area (Å²) in [5.41, 5.74) is 1.35. The van der Waals surface area contributed by atoms with Crippen LogP contribution in [0.3, 0.4) is 0 Å². The van der Waals surface area contributed by atoms with E-state index in [4.69, 9.17) is 4.43 Å². The Morgan fingerprint density at radius 1 is 0.600 bits per heavy atom. The Morgan fingerprint density at radius 2 is 0.971 bits per heavy atom. The van der Waals surface area contributed by atoms with E-state index < -0.39 is 15.6 Å². The summed E-state index contributed by atoms with van der Waals surface area (Å²) in [5, 5.41) is 4.32. The molecule has 2 atom stereocenters. The van der Waals surface area contributed by atoms with E-state index in [2.05, 4.69) is 148 Å². The molecule has 35 heavy (non-hydrogen) atoms. The van der Waals surface area contributed by atoms with Gasteiger partial charge in [-0.05, 0) is 68.0 Å². The molecule has 4 aromatic rings. The van der Waals surface area contributed by atoms with Crippen molar-refractivity contribution >= 4 is 31.5 Å². The van der Waals surface area contributed by atoms with Crippen molar-refractivity contribution in [2.45, 2.75) is 39.1 Å². The van der Waals surface area contributed by atoms with E-state index in [1.807, 2.05) is 0 Å². The van der Waals surface area contributed by atoms with Gasteiger partial charge in [0.05, 0.1) is 12.3 Å². The van der Waals surface area contributed by atoms with Crippen LogP contribution in [0.1, 0.15) is 12.5 Å². The van der Waals surface area contributed by atoms with E-state index >= 15 is 0 Å². The molecule has 0 bridgehead atoms. The van der Waals surface area contributed by atoms with Crippen LogP contribution >= 0.6 is 7.26 Å². The maximum atomic E-state index is 6.91. The molecule has 0 fully saturated rings. The molecule has 2 unspecified atom stereocenters. The highest BCUT2D eigenvalue weighted by Gasteiger charge is 2.47. The maximum absolute atomic E-state index is 6.91. The van der Waals surface area contributed by atoms with Crippen LogP contribution in [0.25, 0.3) is 0 Å². The highest BCUT2D eigenvalue weighted by Crippen LogP contribution is 2.57. The van der Waals surface area contributed by atoms with Gasteiger partial charge in [-0.25, -0.2) is 0 Å². The summed E-state index contributed by atoms with van der Waals surface area (Å²) >= 11 is 0. The van der Waals surface area contributed by atoms with E-state index in [1.165, 1.54) is 21.5 Å². The Hall–Kier alpha value is -2.51. The highest BCUT2D eigenvalue weighted by atomic mass is 31.2. The normalized spacial score (nSPS) is 13.8. The Balaban J connectivity index is 1.82. The quantitative estimate of drug-likeness (QED) is 0.168. The van der Waals surface area contributed by atoms with Crippen molar-refractivity contribution in [2.75, 3.05) is 6.16 Å². The first kappa shape index (κ1) is 25.6. The first-order valence-corrected chi connectivity index (χ1v) is 18.0. The third-order valence-corrected chi connectivity index (χ3v) is 12.2. The predicted octanol–water partition coefficient (Wildman–Crippen LogP) is 7.08. The van der Waals surface area contributed by atoms with Crippen LogP contribution in [0.5, 0.6) is 0 Å². The van der Waals surface area contributed by atoms with Crippen molar-refractivity contribution < 1.29 is 4.43 Å². The van der Waals surface area contributed by atoms with E-state index in [-0.39, 0.29) is 6.10 Å². The SMILES string of the molecule is CC(C[P+](c1ccccc1)(c1ccccc1)c1ccccc1)C(Cc1ccccc1)O[Si](C)(C)C. The van der Waals surface area contributed by atoms with Crippen molar-refractivity contribution in [3.05, 3.63) is 127 Å². The van der Waals surface area contributed by atoms with Gasteiger partial charge in [0.15, 0.2) is 8.32 Å².